The Hall–Kier alpha value is -1.35. The number of benzene rings is 1. The molecule has 4 aliphatic carbocycles. The number of esters is 1. The molecule has 4 aliphatic rings. The molecule has 3 fully saturated rings. The van der Waals surface area contributed by atoms with Gasteiger partial charge < -0.3 is 9.84 Å². The highest BCUT2D eigenvalue weighted by Gasteiger charge is 2.76. The lowest BCUT2D eigenvalue weighted by Crippen LogP contribution is -2.47. The summed E-state index contributed by atoms with van der Waals surface area (Å²) in [5, 5.41) is 10.7. The van der Waals surface area contributed by atoms with E-state index in [1.807, 2.05) is 6.07 Å². The maximum Gasteiger partial charge on any atom is 0.311 e. The molecule has 0 radical (unpaired) electrons. The number of fused-ring (bicyclic) bond motifs is 3. The molecule has 146 valence electrons. The van der Waals surface area contributed by atoms with Crippen LogP contribution >= 0.6 is 0 Å². The number of aryl methyl sites for hydroxylation is 1. The first kappa shape index (κ1) is 17.7. The van der Waals surface area contributed by atoms with Crippen LogP contribution in [0.2, 0.25) is 0 Å². The average molecular weight is 369 g/mol. The number of carbonyl (C=O) groups is 1. The Labute approximate surface area is 162 Å². The van der Waals surface area contributed by atoms with E-state index in [-0.39, 0.29) is 17.5 Å². The summed E-state index contributed by atoms with van der Waals surface area (Å²) in [6.45, 7) is 4.46. The van der Waals surface area contributed by atoms with Gasteiger partial charge in [-0.05, 0) is 96.8 Å². The van der Waals surface area contributed by atoms with Gasteiger partial charge in [0.05, 0.1) is 6.10 Å². The molecule has 5 rings (SSSR count). The lowest BCUT2D eigenvalue weighted by Gasteiger charge is -2.52. The Morgan fingerprint density at radius 3 is 3.00 bits per heavy atom. The minimum atomic E-state index is -0.112. The minimum Gasteiger partial charge on any atom is -0.427 e. The summed E-state index contributed by atoms with van der Waals surface area (Å²) >= 11 is 0. The zero-order valence-corrected chi connectivity index (χ0v) is 16.7. The molecule has 0 bridgehead atoms. The van der Waals surface area contributed by atoms with Crippen LogP contribution in [0.15, 0.2) is 18.2 Å². The van der Waals surface area contributed by atoms with Gasteiger partial charge in [0.25, 0.3) is 0 Å². The molecule has 3 saturated carbocycles. The largest absolute Gasteiger partial charge is 0.427 e. The summed E-state index contributed by atoms with van der Waals surface area (Å²) in [6.07, 6.45) is 9.32. The Kier molecular flexibility index (Phi) is 3.99. The van der Waals surface area contributed by atoms with Crippen molar-refractivity contribution in [2.75, 3.05) is 0 Å². The van der Waals surface area contributed by atoms with Crippen molar-refractivity contribution in [3.63, 3.8) is 0 Å². The highest BCUT2D eigenvalue weighted by molar-refractivity contribution is 5.72. The highest BCUT2D eigenvalue weighted by atomic mass is 16.5. The third kappa shape index (κ3) is 2.40. The van der Waals surface area contributed by atoms with Crippen LogP contribution in [0.4, 0.5) is 0 Å². The standard InChI is InChI=1S/C24H32O3/c1-3-4-5-22(26)27-17-7-8-18-15(12-17)6-9-20-19(18)10-11-23(2)21(25)13-16-14-24(16,20)23/h7-8,12,16,19-21,25H,3-6,9-11,13-14H2,1-2H3/t16-,19-,20-,21+,23-,24+/m1/s1. The Morgan fingerprint density at radius 1 is 1.33 bits per heavy atom. The fourth-order valence-corrected chi connectivity index (χ4v) is 7.34. The van der Waals surface area contributed by atoms with Gasteiger partial charge in [0.15, 0.2) is 0 Å². The first-order chi connectivity index (χ1) is 13.0. The predicted molar refractivity (Wildman–Crippen MR) is 105 cm³/mol. The van der Waals surface area contributed by atoms with Crippen LogP contribution in [0.3, 0.4) is 0 Å². The van der Waals surface area contributed by atoms with Crippen molar-refractivity contribution in [3.05, 3.63) is 29.3 Å². The fraction of sp³-hybridized carbons (Fsp3) is 0.708. The normalized spacial score (nSPS) is 41.1. The van der Waals surface area contributed by atoms with Gasteiger partial charge >= 0.3 is 5.97 Å². The number of unbranched alkanes of at least 4 members (excludes halogenated alkanes) is 1. The van der Waals surface area contributed by atoms with Crippen molar-refractivity contribution >= 4 is 5.97 Å². The second-order valence-corrected chi connectivity index (χ2v) is 9.84. The summed E-state index contributed by atoms with van der Waals surface area (Å²) < 4.78 is 5.57. The molecule has 27 heavy (non-hydrogen) atoms. The highest BCUT2D eigenvalue weighted by Crippen LogP contribution is 2.81. The van der Waals surface area contributed by atoms with Crippen LogP contribution in [0.5, 0.6) is 5.75 Å². The van der Waals surface area contributed by atoms with Crippen LogP contribution in [-0.2, 0) is 11.2 Å². The van der Waals surface area contributed by atoms with Gasteiger partial charge in [0.1, 0.15) is 5.75 Å². The van der Waals surface area contributed by atoms with Crippen LogP contribution in [0, 0.1) is 22.7 Å². The number of hydrogen-bond donors (Lipinski definition) is 1. The lowest BCUT2D eigenvalue weighted by molar-refractivity contribution is -0.134. The first-order valence-electron chi connectivity index (χ1n) is 11.0. The van der Waals surface area contributed by atoms with Crippen molar-refractivity contribution in [2.45, 2.75) is 83.7 Å². The molecule has 0 amide bonds. The molecule has 1 spiro atoms. The van der Waals surface area contributed by atoms with Crippen molar-refractivity contribution in [1.82, 2.24) is 0 Å². The van der Waals surface area contributed by atoms with E-state index < -0.39 is 0 Å². The molecular formula is C24H32O3. The molecule has 1 N–H and O–H groups in total. The van der Waals surface area contributed by atoms with Gasteiger partial charge in [-0.1, -0.05) is 26.3 Å². The predicted octanol–water partition coefficient (Wildman–Crippen LogP) is 5.00. The summed E-state index contributed by atoms with van der Waals surface area (Å²) in [4.78, 5) is 12.0. The van der Waals surface area contributed by atoms with E-state index in [1.54, 1.807) is 0 Å². The molecule has 0 unspecified atom stereocenters. The van der Waals surface area contributed by atoms with E-state index in [0.29, 0.717) is 23.5 Å². The molecule has 0 heterocycles. The number of ether oxygens (including phenoxy) is 1. The maximum atomic E-state index is 12.0. The van der Waals surface area contributed by atoms with E-state index in [1.165, 1.54) is 30.4 Å². The summed E-state index contributed by atoms with van der Waals surface area (Å²) in [7, 11) is 0. The van der Waals surface area contributed by atoms with Crippen molar-refractivity contribution in [3.8, 4) is 5.75 Å². The van der Waals surface area contributed by atoms with Crippen LogP contribution in [0.25, 0.3) is 0 Å². The molecule has 6 atom stereocenters. The zero-order chi connectivity index (χ0) is 18.8. The van der Waals surface area contributed by atoms with Crippen molar-refractivity contribution < 1.29 is 14.6 Å². The van der Waals surface area contributed by atoms with Gasteiger partial charge in [-0.15, -0.1) is 0 Å². The van der Waals surface area contributed by atoms with Crippen molar-refractivity contribution in [2.24, 2.45) is 22.7 Å². The van der Waals surface area contributed by atoms with Crippen LogP contribution in [0.1, 0.15) is 82.3 Å². The van der Waals surface area contributed by atoms with E-state index in [2.05, 4.69) is 26.0 Å². The lowest BCUT2D eigenvalue weighted by atomic mass is 9.52. The zero-order valence-electron chi connectivity index (χ0n) is 16.7. The SMILES string of the molecule is CCCCC(=O)Oc1ccc2c(c1)CC[C@@H]1[C@@H]2CC[C@]2(C)[C@@H](O)C[C@@H]3C[C@]312. The number of rotatable bonds is 4. The quantitative estimate of drug-likeness (QED) is 0.601. The van der Waals surface area contributed by atoms with E-state index in [0.717, 1.165) is 43.9 Å². The second kappa shape index (κ2) is 6.07. The molecule has 3 nitrogen and oxygen atoms in total. The first-order valence-corrected chi connectivity index (χ1v) is 11.0. The smallest absolute Gasteiger partial charge is 0.311 e. The Morgan fingerprint density at radius 2 is 2.19 bits per heavy atom. The van der Waals surface area contributed by atoms with E-state index >= 15 is 0 Å². The monoisotopic (exact) mass is 368 g/mol. The summed E-state index contributed by atoms with van der Waals surface area (Å²) in [6, 6.07) is 6.36. The molecular weight excluding hydrogens is 336 g/mol. The van der Waals surface area contributed by atoms with Gasteiger partial charge in [0, 0.05) is 6.42 Å². The fourth-order valence-electron chi connectivity index (χ4n) is 7.34. The average Bonchev–Trinajstić information content (AvgIpc) is 3.32. The molecule has 0 aliphatic heterocycles. The van der Waals surface area contributed by atoms with E-state index in [4.69, 9.17) is 4.74 Å². The number of carbonyl (C=O) groups excluding carboxylic acids is 1. The van der Waals surface area contributed by atoms with Crippen molar-refractivity contribution in [1.29, 1.82) is 0 Å². The summed E-state index contributed by atoms with van der Waals surface area (Å²) in [5.41, 5.74) is 3.42. The minimum absolute atomic E-state index is 0.0940. The topological polar surface area (TPSA) is 46.5 Å². The van der Waals surface area contributed by atoms with Crippen LogP contribution in [-0.4, -0.2) is 17.2 Å². The third-order valence-electron chi connectivity index (χ3n) is 8.79. The van der Waals surface area contributed by atoms with E-state index in [9.17, 15) is 9.90 Å². The molecule has 3 heteroatoms. The maximum absolute atomic E-state index is 12.0. The number of aliphatic hydroxyl groups excluding tert-OH is 1. The van der Waals surface area contributed by atoms with Gasteiger partial charge in [-0.3, -0.25) is 4.79 Å². The summed E-state index contributed by atoms with van der Waals surface area (Å²) in [5.74, 6) is 2.71. The third-order valence-corrected chi connectivity index (χ3v) is 8.79. The molecule has 0 aromatic heterocycles. The Balaban J connectivity index is 1.38. The Bertz CT molecular complexity index is 771. The van der Waals surface area contributed by atoms with Gasteiger partial charge in [0.2, 0.25) is 0 Å². The molecule has 0 saturated heterocycles. The number of aliphatic hydroxyl groups is 1. The molecule has 1 aromatic rings. The van der Waals surface area contributed by atoms with Gasteiger partial charge in [-0.25, -0.2) is 0 Å². The van der Waals surface area contributed by atoms with Gasteiger partial charge in [-0.2, -0.15) is 0 Å². The number of hydrogen-bond acceptors (Lipinski definition) is 3. The van der Waals surface area contributed by atoms with Crippen LogP contribution < -0.4 is 4.74 Å². The molecule has 1 aromatic carbocycles. The second-order valence-electron chi connectivity index (χ2n) is 9.84.